The summed E-state index contributed by atoms with van der Waals surface area (Å²) < 4.78 is 18.6. The van der Waals surface area contributed by atoms with Crippen molar-refractivity contribution in [1.29, 1.82) is 0 Å². The van der Waals surface area contributed by atoms with Crippen LogP contribution in [0.2, 0.25) is 0 Å². The summed E-state index contributed by atoms with van der Waals surface area (Å²) >= 11 is 0. The average Bonchev–Trinajstić information content (AvgIpc) is 2.80. The second-order valence-corrected chi connectivity index (χ2v) is 6.70. The van der Waals surface area contributed by atoms with E-state index >= 15 is 0 Å². The fourth-order valence-corrected chi connectivity index (χ4v) is 2.83. The van der Waals surface area contributed by atoms with E-state index in [4.69, 9.17) is 4.74 Å². The van der Waals surface area contributed by atoms with Crippen LogP contribution in [-0.2, 0) is 6.61 Å². The van der Waals surface area contributed by atoms with Gasteiger partial charge in [0.1, 0.15) is 18.2 Å². The molecule has 0 aliphatic heterocycles. The molecule has 1 aromatic heterocycles. The highest BCUT2D eigenvalue weighted by Crippen LogP contribution is 2.16. The molecule has 0 saturated heterocycles. The summed E-state index contributed by atoms with van der Waals surface area (Å²) in [6.07, 6.45) is 1.61. The van der Waals surface area contributed by atoms with E-state index in [1.165, 1.54) is 18.2 Å². The number of aromatic nitrogens is 2. The zero-order chi connectivity index (χ0) is 21.5. The van der Waals surface area contributed by atoms with Gasteiger partial charge in [0.05, 0.1) is 11.9 Å². The number of halogens is 1. The molecule has 2 N–H and O–H groups in total. The monoisotopic (exact) mass is 414 g/mol. The van der Waals surface area contributed by atoms with Crippen molar-refractivity contribution >= 4 is 12.2 Å². The van der Waals surface area contributed by atoms with Crippen LogP contribution < -0.4 is 15.7 Å². The second kappa shape index (κ2) is 9.49. The zero-order valence-corrected chi connectivity index (χ0v) is 16.5. The lowest BCUT2D eigenvalue weighted by Gasteiger charge is -2.06. The van der Waals surface area contributed by atoms with Crippen molar-refractivity contribution in [3.05, 3.63) is 112 Å². The van der Waals surface area contributed by atoms with Crippen LogP contribution in [0.15, 0.2) is 94.8 Å². The number of H-pyrrole nitrogens is 1. The van der Waals surface area contributed by atoms with Crippen LogP contribution in [0.3, 0.4) is 0 Å². The SMILES string of the molecule is O=c1cc(-c2ccccc2)nc(N/N=C/c2ccc(OCc3ccc(F)cc3)cc2)[nH]1. The van der Waals surface area contributed by atoms with Gasteiger partial charge in [-0.25, -0.2) is 14.8 Å². The largest absolute Gasteiger partial charge is 0.489 e. The van der Waals surface area contributed by atoms with Gasteiger partial charge in [0.15, 0.2) is 0 Å². The summed E-state index contributed by atoms with van der Waals surface area (Å²) in [7, 11) is 0. The van der Waals surface area contributed by atoms with Gasteiger partial charge < -0.3 is 4.74 Å². The molecule has 0 unspecified atom stereocenters. The zero-order valence-electron chi connectivity index (χ0n) is 16.5. The summed E-state index contributed by atoms with van der Waals surface area (Å²) in [6, 6.07) is 24.4. The Labute approximate surface area is 178 Å². The summed E-state index contributed by atoms with van der Waals surface area (Å²) in [5, 5.41) is 4.14. The van der Waals surface area contributed by atoms with Gasteiger partial charge in [0.25, 0.3) is 5.56 Å². The Balaban J connectivity index is 1.36. The first-order valence-electron chi connectivity index (χ1n) is 9.59. The van der Waals surface area contributed by atoms with Gasteiger partial charge in [-0.3, -0.25) is 9.78 Å². The molecule has 7 heteroatoms. The van der Waals surface area contributed by atoms with Crippen molar-refractivity contribution in [2.75, 3.05) is 5.43 Å². The Morgan fingerprint density at radius 3 is 2.48 bits per heavy atom. The first kappa shape index (κ1) is 20.0. The fraction of sp³-hybridized carbons (Fsp3) is 0.0417. The van der Waals surface area contributed by atoms with E-state index in [0.29, 0.717) is 18.1 Å². The molecular formula is C24H19FN4O2. The molecule has 6 nitrogen and oxygen atoms in total. The average molecular weight is 414 g/mol. The van der Waals surface area contributed by atoms with Crippen LogP contribution in [0.25, 0.3) is 11.3 Å². The predicted molar refractivity (Wildman–Crippen MR) is 119 cm³/mol. The Morgan fingerprint density at radius 2 is 1.74 bits per heavy atom. The minimum Gasteiger partial charge on any atom is -0.489 e. The van der Waals surface area contributed by atoms with E-state index in [2.05, 4.69) is 20.5 Å². The summed E-state index contributed by atoms with van der Waals surface area (Å²) in [4.78, 5) is 18.9. The molecule has 1 heterocycles. The number of rotatable bonds is 7. The van der Waals surface area contributed by atoms with Crippen LogP contribution in [0.1, 0.15) is 11.1 Å². The van der Waals surface area contributed by atoms with Gasteiger partial charge in [-0.1, -0.05) is 42.5 Å². The highest BCUT2D eigenvalue weighted by atomic mass is 19.1. The Morgan fingerprint density at radius 1 is 1.00 bits per heavy atom. The van der Waals surface area contributed by atoms with Crippen molar-refractivity contribution in [3.63, 3.8) is 0 Å². The molecular weight excluding hydrogens is 395 g/mol. The van der Waals surface area contributed by atoms with Gasteiger partial charge in [0, 0.05) is 11.6 Å². The van der Waals surface area contributed by atoms with E-state index in [9.17, 15) is 9.18 Å². The number of aromatic amines is 1. The molecule has 154 valence electrons. The molecule has 0 radical (unpaired) electrons. The van der Waals surface area contributed by atoms with E-state index in [-0.39, 0.29) is 17.3 Å². The van der Waals surface area contributed by atoms with Crippen molar-refractivity contribution in [1.82, 2.24) is 9.97 Å². The lowest BCUT2D eigenvalue weighted by molar-refractivity contribution is 0.306. The second-order valence-electron chi connectivity index (χ2n) is 6.70. The molecule has 0 bridgehead atoms. The lowest BCUT2D eigenvalue weighted by Crippen LogP contribution is -2.10. The van der Waals surface area contributed by atoms with E-state index in [0.717, 1.165) is 16.7 Å². The van der Waals surface area contributed by atoms with Crippen molar-refractivity contribution in [2.24, 2.45) is 5.10 Å². The first-order chi connectivity index (χ1) is 15.2. The van der Waals surface area contributed by atoms with Crippen LogP contribution in [-0.4, -0.2) is 16.2 Å². The van der Waals surface area contributed by atoms with Crippen molar-refractivity contribution < 1.29 is 9.13 Å². The van der Waals surface area contributed by atoms with Crippen molar-refractivity contribution in [3.8, 4) is 17.0 Å². The quantitative estimate of drug-likeness (QED) is 0.342. The highest BCUT2D eigenvalue weighted by Gasteiger charge is 2.03. The summed E-state index contributed by atoms with van der Waals surface area (Å²) in [5.41, 5.74) is 5.61. The van der Waals surface area contributed by atoms with E-state index < -0.39 is 0 Å². The van der Waals surface area contributed by atoms with Gasteiger partial charge in [-0.2, -0.15) is 5.10 Å². The van der Waals surface area contributed by atoms with Gasteiger partial charge in [-0.05, 0) is 47.5 Å². The number of benzene rings is 3. The molecule has 0 saturated carbocycles. The third-order valence-electron chi connectivity index (χ3n) is 4.39. The molecule has 4 aromatic rings. The molecule has 4 rings (SSSR count). The maximum atomic E-state index is 12.9. The highest BCUT2D eigenvalue weighted by molar-refractivity contribution is 5.80. The number of ether oxygens (including phenoxy) is 1. The molecule has 0 spiro atoms. The Bertz CT molecular complexity index is 1220. The van der Waals surface area contributed by atoms with Crippen LogP contribution in [0.4, 0.5) is 10.3 Å². The standard InChI is InChI=1S/C24H19FN4O2/c25-20-10-6-18(7-11-20)16-31-21-12-8-17(9-13-21)15-26-29-24-27-22(14-23(30)28-24)19-4-2-1-3-5-19/h1-15H,16H2,(H2,27,28,29,30)/b26-15+. The number of anilines is 1. The Hall–Kier alpha value is -4.26. The number of nitrogens with one attached hydrogen (secondary N) is 2. The lowest BCUT2D eigenvalue weighted by atomic mass is 10.1. The minimum atomic E-state index is -0.271. The maximum Gasteiger partial charge on any atom is 0.252 e. The van der Waals surface area contributed by atoms with Crippen LogP contribution in [0, 0.1) is 5.82 Å². The molecule has 0 fully saturated rings. The Kier molecular flexibility index (Phi) is 6.13. The van der Waals surface area contributed by atoms with Gasteiger partial charge >= 0.3 is 0 Å². The van der Waals surface area contributed by atoms with E-state index in [1.54, 1.807) is 18.3 Å². The number of hydrazone groups is 1. The molecule has 0 amide bonds. The van der Waals surface area contributed by atoms with E-state index in [1.807, 2.05) is 54.6 Å². The molecule has 3 aromatic carbocycles. The first-order valence-corrected chi connectivity index (χ1v) is 9.59. The smallest absolute Gasteiger partial charge is 0.252 e. The third-order valence-corrected chi connectivity index (χ3v) is 4.39. The van der Waals surface area contributed by atoms with Crippen LogP contribution >= 0.6 is 0 Å². The van der Waals surface area contributed by atoms with Crippen LogP contribution in [0.5, 0.6) is 5.75 Å². The molecule has 0 aliphatic rings. The minimum absolute atomic E-state index is 0.252. The number of nitrogens with zero attached hydrogens (tertiary/aromatic N) is 2. The van der Waals surface area contributed by atoms with Gasteiger partial charge in [0.2, 0.25) is 5.95 Å². The fourth-order valence-electron chi connectivity index (χ4n) is 2.83. The molecule has 31 heavy (non-hydrogen) atoms. The number of hydrogen-bond donors (Lipinski definition) is 2. The number of hydrogen-bond acceptors (Lipinski definition) is 5. The molecule has 0 atom stereocenters. The summed E-state index contributed by atoms with van der Waals surface area (Å²) in [5.74, 6) is 0.671. The van der Waals surface area contributed by atoms with Gasteiger partial charge in [-0.15, -0.1) is 0 Å². The predicted octanol–water partition coefficient (Wildman–Crippen LogP) is 4.60. The molecule has 0 aliphatic carbocycles. The normalized spacial score (nSPS) is 10.9. The van der Waals surface area contributed by atoms with Crippen molar-refractivity contribution in [2.45, 2.75) is 6.61 Å². The third kappa shape index (κ3) is 5.63. The maximum absolute atomic E-state index is 12.9. The topological polar surface area (TPSA) is 79.4 Å². The summed E-state index contributed by atoms with van der Waals surface area (Å²) in [6.45, 7) is 0.353.